The van der Waals surface area contributed by atoms with Crippen LogP contribution in [0.1, 0.15) is 0 Å². The van der Waals surface area contributed by atoms with Crippen molar-refractivity contribution in [1.82, 2.24) is 0 Å². The quantitative estimate of drug-likeness (QED) is 0.462. The molecule has 0 saturated heterocycles. The summed E-state index contributed by atoms with van der Waals surface area (Å²) in [5.41, 5.74) is 24.4. The van der Waals surface area contributed by atoms with Crippen molar-refractivity contribution in [3.63, 3.8) is 0 Å². The second-order valence-electron chi connectivity index (χ2n) is 1.35. The van der Waals surface area contributed by atoms with E-state index in [4.69, 9.17) is 0 Å². The van der Waals surface area contributed by atoms with Crippen LogP contribution in [-0.4, -0.2) is 0 Å². The van der Waals surface area contributed by atoms with Crippen molar-refractivity contribution in [2.75, 3.05) is 0 Å². The normalized spacial score (nSPS) is 3.67. The van der Waals surface area contributed by atoms with E-state index in [0.717, 1.165) is 0 Å². The Bertz CT molecular complexity index is 449. The molecule has 0 aromatic carbocycles. The summed E-state index contributed by atoms with van der Waals surface area (Å²) < 4.78 is 0. The molecular weight excluding hydrogens is 144 g/mol. The Morgan fingerprint density at radius 3 is 0.917 bits per heavy atom. The van der Waals surface area contributed by atoms with Gasteiger partial charge in [-0.15, -0.1) is 0 Å². The average molecular weight is 148 g/mol. The highest BCUT2D eigenvalue weighted by Gasteiger charge is 1.37. The van der Waals surface area contributed by atoms with E-state index in [-0.39, 0.29) is 0 Å². The number of rotatable bonds is 0. The van der Waals surface area contributed by atoms with Crippen LogP contribution < -0.4 is 0 Å². The zero-order chi connectivity index (χ0) is 9.07. The molecule has 0 heterocycles. The maximum atomic E-state index is 3.28. The molecule has 0 spiro atoms. The summed E-state index contributed by atoms with van der Waals surface area (Å²) in [5, 5.41) is 0. The molecule has 0 unspecified atom stereocenters. The smallest absolute Gasteiger partial charge is 0.000000347 e. The van der Waals surface area contributed by atoms with Gasteiger partial charge < -0.3 is 0 Å². The van der Waals surface area contributed by atoms with Crippen LogP contribution >= 0.6 is 0 Å². The summed E-state index contributed by atoms with van der Waals surface area (Å²) in [6.07, 6.45) is 0. The Morgan fingerprint density at radius 2 is 0.667 bits per heavy atom. The summed E-state index contributed by atoms with van der Waals surface area (Å²) in [4.78, 5) is 0. The van der Waals surface area contributed by atoms with Gasteiger partial charge >= 0.3 is 0 Å². The fraction of sp³-hybridized carbons (Fsp3) is 0. The lowest BCUT2D eigenvalue weighted by Crippen LogP contribution is -1.22. The SMILES string of the molecule is C=C=C=C=C=C=C=C=C=C=C=C. The van der Waals surface area contributed by atoms with E-state index in [1.165, 1.54) is 0 Å². The van der Waals surface area contributed by atoms with Gasteiger partial charge in [0.15, 0.2) is 0 Å². The Balaban J connectivity index is 5.45. The summed E-state index contributed by atoms with van der Waals surface area (Å²) >= 11 is 0. The molecular formula is C12H4. The van der Waals surface area contributed by atoms with E-state index in [2.05, 4.69) is 70.5 Å². The highest BCUT2D eigenvalue weighted by molar-refractivity contribution is 4.89. The van der Waals surface area contributed by atoms with Crippen molar-refractivity contribution in [1.29, 1.82) is 0 Å². The van der Waals surface area contributed by atoms with Crippen molar-refractivity contribution in [2.24, 2.45) is 0 Å². The van der Waals surface area contributed by atoms with Gasteiger partial charge in [-0.1, -0.05) is 11.5 Å². The molecule has 52 valence electrons. The molecule has 0 radical (unpaired) electrons. The molecule has 0 aromatic rings. The maximum Gasteiger partial charge on any atom is -0.000000347 e. The fourth-order valence-electron chi connectivity index (χ4n) is 0.276. The van der Waals surface area contributed by atoms with Crippen molar-refractivity contribution in [3.8, 4) is 0 Å². The highest BCUT2D eigenvalue weighted by Crippen LogP contribution is 1.54. The summed E-state index contributed by atoms with van der Waals surface area (Å²) in [6, 6.07) is 0. The van der Waals surface area contributed by atoms with Crippen molar-refractivity contribution < 1.29 is 0 Å². The predicted molar refractivity (Wildman–Crippen MR) is 46.4 cm³/mol. The number of hydrogen-bond acceptors (Lipinski definition) is 0. The summed E-state index contributed by atoms with van der Waals surface area (Å²) in [5.74, 6) is 0. The van der Waals surface area contributed by atoms with E-state index >= 15 is 0 Å². The lowest BCUT2D eigenvalue weighted by molar-refractivity contribution is 2.14. The van der Waals surface area contributed by atoms with Crippen molar-refractivity contribution >= 4 is 0 Å². The molecule has 0 aliphatic carbocycles. The fourth-order valence-corrected chi connectivity index (χ4v) is 0.276. The van der Waals surface area contributed by atoms with Crippen LogP contribution in [0, 0.1) is 0 Å². The molecule has 0 rings (SSSR count). The van der Waals surface area contributed by atoms with Crippen LogP contribution in [0.2, 0.25) is 0 Å². The van der Waals surface area contributed by atoms with Gasteiger partial charge in [0.1, 0.15) is 0 Å². The van der Waals surface area contributed by atoms with Crippen LogP contribution in [-0.2, 0) is 0 Å². The zero-order valence-electron chi connectivity index (χ0n) is 6.41. The zero-order valence-corrected chi connectivity index (χ0v) is 6.41. The summed E-state index contributed by atoms with van der Waals surface area (Å²) in [6.45, 7) is 6.56. The maximum absolute atomic E-state index is 3.28. The van der Waals surface area contributed by atoms with Gasteiger partial charge in [-0.25, -0.2) is 0 Å². The Labute approximate surface area is 71.2 Å². The first-order chi connectivity index (χ1) is 5.91. The van der Waals surface area contributed by atoms with Crippen LogP contribution in [0.15, 0.2) is 70.5 Å². The third-order valence-corrected chi connectivity index (χ3v) is 0.614. The first-order valence-electron chi connectivity index (χ1n) is 2.96. The van der Waals surface area contributed by atoms with Crippen molar-refractivity contribution in [2.45, 2.75) is 0 Å². The predicted octanol–water partition coefficient (Wildman–Crippen LogP) is 2.35. The van der Waals surface area contributed by atoms with E-state index in [1.54, 1.807) is 0 Å². The Hall–Kier alpha value is -2.46. The molecule has 0 heteroatoms. The first kappa shape index (κ1) is 9.54. The van der Waals surface area contributed by atoms with Gasteiger partial charge in [0.2, 0.25) is 0 Å². The second-order valence-corrected chi connectivity index (χ2v) is 1.35. The van der Waals surface area contributed by atoms with E-state index in [1.807, 2.05) is 0 Å². The highest BCUT2D eigenvalue weighted by atomic mass is 13.4. The topological polar surface area (TPSA) is 0 Å². The lowest BCUT2D eigenvalue weighted by atomic mass is 10.6. The van der Waals surface area contributed by atoms with Gasteiger partial charge in [-0.2, -0.15) is 0 Å². The van der Waals surface area contributed by atoms with Gasteiger partial charge in [-0.3, -0.25) is 0 Å². The Kier molecular flexibility index (Phi) is 6.79. The molecule has 0 N–H and O–H groups in total. The van der Waals surface area contributed by atoms with E-state index in [0.29, 0.717) is 0 Å². The standard InChI is InChI=1S/C12H4/c1-3-5-7-9-11-12-10-8-6-4-2/h1-2H2. The third kappa shape index (κ3) is 7.54. The molecule has 0 fully saturated rings. The van der Waals surface area contributed by atoms with Crippen LogP contribution in [0.4, 0.5) is 0 Å². The molecule has 0 aliphatic heterocycles. The molecule has 0 amide bonds. The molecule has 0 aromatic heterocycles. The van der Waals surface area contributed by atoms with Crippen LogP contribution in [0.5, 0.6) is 0 Å². The monoisotopic (exact) mass is 148 g/mol. The molecule has 0 saturated carbocycles. The minimum atomic E-state index is 2.37. The number of hydrogen-bond donors (Lipinski definition) is 0. The minimum absolute atomic E-state index is 2.37. The van der Waals surface area contributed by atoms with E-state index < -0.39 is 0 Å². The molecule has 0 bridgehead atoms. The minimum Gasteiger partial charge on any atom is -0.0687 e. The molecule has 0 atom stereocenters. The first-order valence-corrected chi connectivity index (χ1v) is 2.96. The molecule has 0 aliphatic rings. The summed E-state index contributed by atoms with van der Waals surface area (Å²) in [7, 11) is 0. The molecule has 0 nitrogen and oxygen atoms in total. The molecule has 12 heavy (non-hydrogen) atoms. The third-order valence-electron chi connectivity index (χ3n) is 0.614. The van der Waals surface area contributed by atoms with Crippen LogP contribution in [0.25, 0.3) is 0 Å². The average Bonchev–Trinajstić information content (AvgIpc) is 2.10. The van der Waals surface area contributed by atoms with Crippen molar-refractivity contribution in [3.05, 3.63) is 70.5 Å². The van der Waals surface area contributed by atoms with E-state index in [9.17, 15) is 0 Å². The van der Waals surface area contributed by atoms with Gasteiger partial charge in [0.25, 0.3) is 0 Å². The Morgan fingerprint density at radius 1 is 0.417 bits per heavy atom. The van der Waals surface area contributed by atoms with Gasteiger partial charge in [0.05, 0.1) is 0 Å². The van der Waals surface area contributed by atoms with Gasteiger partial charge in [-0.05, 0) is 59.0 Å². The largest absolute Gasteiger partial charge is 0.0687 e. The lowest BCUT2D eigenvalue weighted by Gasteiger charge is -1.38. The van der Waals surface area contributed by atoms with Crippen LogP contribution in [0.3, 0.4) is 0 Å². The second kappa shape index (κ2) is 8.54. The van der Waals surface area contributed by atoms with Gasteiger partial charge in [0, 0.05) is 0 Å².